The van der Waals surface area contributed by atoms with Gasteiger partial charge in [0.05, 0.1) is 54.9 Å². The van der Waals surface area contributed by atoms with E-state index < -0.39 is 29.4 Å². The predicted octanol–water partition coefficient (Wildman–Crippen LogP) is 7.70. The normalized spacial score (nSPS) is 11.4. The number of hydrogen-bond acceptors (Lipinski definition) is 5. The highest BCUT2D eigenvalue weighted by Gasteiger charge is 2.31. The van der Waals surface area contributed by atoms with Crippen LogP contribution in [-0.4, -0.2) is 32.3 Å². The molecule has 0 aliphatic heterocycles. The highest BCUT2D eigenvalue weighted by atomic mass is 35.5. The van der Waals surface area contributed by atoms with Gasteiger partial charge in [-0.2, -0.15) is 13.2 Å². The number of benzene rings is 3. The minimum absolute atomic E-state index is 0.0803. The van der Waals surface area contributed by atoms with Crippen molar-refractivity contribution in [3.63, 3.8) is 0 Å². The van der Waals surface area contributed by atoms with Gasteiger partial charge in [-0.05, 0) is 48.5 Å². The van der Waals surface area contributed by atoms with Crippen LogP contribution in [0.4, 0.5) is 23.2 Å². The average molecular weight is 667 g/mol. The molecule has 0 fully saturated rings. The monoisotopic (exact) mass is 665 g/mol. The Morgan fingerprint density at radius 3 is 2.32 bits per heavy atom. The van der Waals surface area contributed by atoms with Crippen molar-refractivity contribution in [2.45, 2.75) is 17.9 Å². The summed E-state index contributed by atoms with van der Waals surface area (Å²) in [7, 11) is 0. The maximum atomic E-state index is 14.2. The lowest BCUT2D eigenvalue weighted by molar-refractivity contribution is -0.137. The van der Waals surface area contributed by atoms with E-state index in [1.54, 1.807) is 6.07 Å². The van der Waals surface area contributed by atoms with Gasteiger partial charge in [0.1, 0.15) is 5.82 Å². The van der Waals surface area contributed by atoms with Crippen LogP contribution in [0.25, 0.3) is 5.69 Å². The summed E-state index contributed by atoms with van der Waals surface area (Å²) in [6, 6.07) is 11.0. The molecule has 0 bridgehead atoms. The number of carbonyl (C=O) groups is 2. The molecule has 4 aromatic rings. The Morgan fingerprint density at radius 1 is 0.902 bits per heavy atom. The third kappa shape index (κ3) is 7.44. The number of nitrogens with zero attached hydrogens (tertiary/aromatic N) is 3. The Morgan fingerprint density at radius 2 is 1.63 bits per heavy atom. The standard InChI is InChI=1S/C25H15Cl4F4N5O2S/c26-14-7-5-13(9-17(14)29)38-20(10-34-23(40)22-16(28)2-1-3-18(22)30)36-37-24(38)41-11-21(39)35-19-8-12(25(31,32)33)4-6-15(19)27/h1-9H,10-11H2,(H,34,40)(H,35,39). The number of alkyl halides is 3. The van der Waals surface area contributed by atoms with Crippen LogP contribution in [0.3, 0.4) is 0 Å². The minimum atomic E-state index is -4.63. The number of aromatic nitrogens is 3. The van der Waals surface area contributed by atoms with Crippen LogP contribution in [0.2, 0.25) is 20.1 Å². The second-order valence-corrected chi connectivity index (χ2v) is 10.7. The number of thioether (sulfide) groups is 1. The van der Waals surface area contributed by atoms with Crippen molar-refractivity contribution in [1.82, 2.24) is 20.1 Å². The quantitative estimate of drug-likeness (QED) is 0.149. The summed E-state index contributed by atoms with van der Waals surface area (Å²) in [5.74, 6) is -2.42. The molecular formula is C25H15Cl4F4N5O2S. The van der Waals surface area contributed by atoms with Crippen molar-refractivity contribution >= 4 is 75.7 Å². The molecule has 0 saturated carbocycles. The molecule has 4 rings (SSSR count). The summed E-state index contributed by atoms with van der Waals surface area (Å²) < 4.78 is 54.9. The molecule has 0 radical (unpaired) electrons. The van der Waals surface area contributed by atoms with Gasteiger partial charge in [-0.1, -0.05) is 64.2 Å². The molecule has 16 heteroatoms. The molecule has 7 nitrogen and oxygen atoms in total. The van der Waals surface area contributed by atoms with Crippen LogP contribution in [0, 0.1) is 5.82 Å². The van der Waals surface area contributed by atoms with Crippen molar-refractivity contribution in [2.75, 3.05) is 11.1 Å². The van der Waals surface area contributed by atoms with Crippen molar-refractivity contribution < 1.29 is 27.2 Å². The van der Waals surface area contributed by atoms with Gasteiger partial charge in [-0.3, -0.25) is 14.2 Å². The number of nitrogens with one attached hydrogen (secondary N) is 2. The van der Waals surface area contributed by atoms with E-state index in [1.165, 1.54) is 28.8 Å². The Kier molecular flexibility index (Phi) is 9.70. The van der Waals surface area contributed by atoms with E-state index in [9.17, 15) is 27.2 Å². The molecule has 0 aliphatic carbocycles. The first-order valence-corrected chi connectivity index (χ1v) is 13.8. The zero-order valence-corrected chi connectivity index (χ0v) is 24.0. The number of carbonyl (C=O) groups excluding carboxylic acids is 2. The molecule has 3 aromatic carbocycles. The summed E-state index contributed by atoms with van der Waals surface area (Å²) in [5, 5.41) is 13.5. The second-order valence-electron chi connectivity index (χ2n) is 8.14. The number of amides is 2. The Bertz CT molecular complexity index is 1610. The van der Waals surface area contributed by atoms with E-state index >= 15 is 0 Å². The van der Waals surface area contributed by atoms with Crippen molar-refractivity contribution in [3.8, 4) is 5.69 Å². The smallest absolute Gasteiger partial charge is 0.345 e. The molecule has 2 N–H and O–H groups in total. The van der Waals surface area contributed by atoms with Crippen LogP contribution in [-0.2, 0) is 17.5 Å². The Balaban J connectivity index is 1.55. The molecule has 0 atom stereocenters. The van der Waals surface area contributed by atoms with Crippen molar-refractivity contribution in [1.29, 1.82) is 0 Å². The molecule has 0 unspecified atom stereocenters. The van der Waals surface area contributed by atoms with Gasteiger partial charge < -0.3 is 10.6 Å². The van der Waals surface area contributed by atoms with E-state index in [1.807, 2.05) is 0 Å². The maximum Gasteiger partial charge on any atom is 0.416 e. The van der Waals surface area contributed by atoms with Gasteiger partial charge in [0, 0.05) is 0 Å². The van der Waals surface area contributed by atoms with Crippen LogP contribution >= 0.6 is 58.2 Å². The van der Waals surface area contributed by atoms with E-state index in [-0.39, 0.29) is 54.6 Å². The van der Waals surface area contributed by atoms with E-state index in [0.717, 1.165) is 36.0 Å². The lowest BCUT2D eigenvalue weighted by atomic mass is 10.2. The summed E-state index contributed by atoms with van der Waals surface area (Å²) in [5.41, 5.74) is -1.13. The molecule has 1 heterocycles. The summed E-state index contributed by atoms with van der Waals surface area (Å²) >= 11 is 25.0. The van der Waals surface area contributed by atoms with Crippen LogP contribution in [0.15, 0.2) is 59.8 Å². The first-order valence-electron chi connectivity index (χ1n) is 11.3. The molecule has 0 spiro atoms. The summed E-state index contributed by atoms with van der Waals surface area (Å²) in [6.07, 6.45) is -4.63. The van der Waals surface area contributed by atoms with Gasteiger partial charge in [-0.25, -0.2) is 4.39 Å². The van der Waals surface area contributed by atoms with E-state index in [4.69, 9.17) is 46.4 Å². The van der Waals surface area contributed by atoms with E-state index in [0.29, 0.717) is 5.69 Å². The Labute approximate surface area is 254 Å². The van der Waals surface area contributed by atoms with Crippen LogP contribution in [0.5, 0.6) is 0 Å². The maximum absolute atomic E-state index is 14.2. The molecule has 214 valence electrons. The third-order valence-electron chi connectivity index (χ3n) is 5.36. The average Bonchev–Trinajstić information content (AvgIpc) is 3.31. The van der Waals surface area contributed by atoms with E-state index in [2.05, 4.69) is 20.8 Å². The van der Waals surface area contributed by atoms with Crippen molar-refractivity contribution in [3.05, 3.63) is 97.5 Å². The molecule has 41 heavy (non-hydrogen) atoms. The van der Waals surface area contributed by atoms with Gasteiger partial charge in [0.25, 0.3) is 5.91 Å². The lowest BCUT2D eigenvalue weighted by Gasteiger charge is -2.13. The predicted molar refractivity (Wildman–Crippen MR) is 150 cm³/mol. The lowest BCUT2D eigenvalue weighted by Crippen LogP contribution is -2.26. The zero-order chi connectivity index (χ0) is 29.9. The number of hydrogen-bond donors (Lipinski definition) is 2. The fraction of sp³-hybridized carbons (Fsp3) is 0.120. The molecule has 0 aliphatic rings. The number of rotatable bonds is 8. The largest absolute Gasteiger partial charge is 0.416 e. The molecule has 2 amide bonds. The highest BCUT2D eigenvalue weighted by Crippen LogP contribution is 2.34. The first kappa shape index (κ1) is 30.9. The first-order chi connectivity index (χ1) is 19.3. The fourth-order valence-corrected chi connectivity index (χ4v) is 4.94. The molecule has 1 aromatic heterocycles. The number of anilines is 1. The second kappa shape index (κ2) is 12.9. The van der Waals surface area contributed by atoms with Gasteiger partial charge in [-0.15, -0.1) is 10.2 Å². The van der Waals surface area contributed by atoms with Crippen molar-refractivity contribution in [2.24, 2.45) is 0 Å². The van der Waals surface area contributed by atoms with Gasteiger partial charge >= 0.3 is 6.18 Å². The topological polar surface area (TPSA) is 88.9 Å². The zero-order valence-electron chi connectivity index (χ0n) is 20.2. The van der Waals surface area contributed by atoms with Gasteiger partial charge in [0.2, 0.25) is 5.91 Å². The SMILES string of the molecule is O=C(CSc1nnc(CNC(=O)c2c(F)cccc2Cl)n1-c1ccc(Cl)c(Cl)c1)Nc1cc(C(F)(F)F)ccc1Cl. The van der Waals surface area contributed by atoms with Crippen LogP contribution < -0.4 is 10.6 Å². The molecular weight excluding hydrogens is 652 g/mol. The highest BCUT2D eigenvalue weighted by molar-refractivity contribution is 7.99. The molecule has 0 saturated heterocycles. The van der Waals surface area contributed by atoms with Crippen LogP contribution in [0.1, 0.15) is 21.7 Å². The summed E-state index contributed by atoms with van der Waals surface area (Å²) in [4.78, 5) is 25.3. The minimum Gasteiger partial charge on any atom is -0.345 e. The Hall–Kier alpha value is -3.03. The fourth-order valence-electron chi connectivity index (χ4n) is 3.47. The summed E-state index contributed by atoms with van der Waals surface area (Å²) in [6.45, 7) is -0.233. The van der Waals surface area contributed by atoms with Gasteiger partial charge in [0.15, 0.2) is 11.0 Å². The number of halogens is 8. The third-order valence-corrected chi connectivity index (χ3v) is 7.67.